The smallest absolute Gasteiger partial charge is 0.333 e. The molecule has 0 rings (SSSR count). The standard InChI is InChI=1S/C7H11ClO6/c8-5(10)1-2-14-6(11)3-4(9)7(12)13/h4-5,9-10H,1-3H2,(H,12,13). The summed E-state index contributed by atoms with van der Waals surface area (Å²) in [6.45, 7) is -0.115. The first-order valence-corrected chi connectivity index (χ1v) is 4.25. The quantitative estimate of drug-likeness (QED) is 0.409. The molecule has 0 aliphatic heterocycles. The summed E-state index contributed by atoms with van der Waals surface area (Å²) in [6.07, 6.45) is -2.33. The van der Waals surface area contributed by atoms with Gasteiger partial charge in [0, 0.05) is 6.42 Å². The average molecular weight is 227 g/mol. The van der Waals surface area contributed by atoms with Gasteiger partial charge in [0.15, 0.2) is 6.10 Å². The molecule has 0 radical (unpaired) electrons. The minimum Gasteiger partial charge on any atom is -0.479 e. The fraction of sp³-hybridized carbons (Fsp3) is 0.714. The Balaban J connectivity index is 3.60. The Morgan fingerprint density at radius 1 is 1.36 bits per heavy atom. The Hall–Kier alpha value is -0.850. The number of ether oxygens (including phenoxy) is 1. The number of alkyl halides is 1. The Bertz CT molecular complexity index is 204. The van der Waals surface area contributed by atoms with Gasteiger partial charge in [0.2, 0.25) is 0 Å². The van der Waals surface area contributed by atoms with Crippen LogP contribution in [-0.4, -0.2) is 45.5 Å². The highest BCUT2D eigenvalue weighted by Crippen LogP contribution is 1.99. The number of aliphatic hydroxyl groups is 2. The molecule has 82 valence electrons. The zero-order valence-electron chi connectivity index (χ0n) is 7.22. The number of hydrogen-bond donors (Lipinski definition) is 3. The van der Waals surface area contributed by atoms with E-state index in [0.717, 1.165) is 0 Å². The van der Waals surface area contributed by atoms with E-state index in [9.17, 15) is 9.59 Å². The minimum absolute atomic E-state index is 0.0520. The van der Waals surface area contributed by atoms with Crippen molar-refractivity contribution in [2.45, 2.75) is 24.5 Å². The lowest BCUT2D eigenvalue weighted by Crippen LogP contribution is -2.24. The van der Waals surface area contributed by atoms with Crippen LogP contribution in [0.1, 0.15) is 12.8 Å². The third-order valence-electron chi connectivity index (χ3n) is 1.26. The highest BCUT2D eigenvalue weighted by Gasteiger charge is 2.18. The van der Waals surface area contributed by atoms with E-state index < -0.39 is 30.0 Å². The number of carboxylic acid groups (broad SMARTS) is 1. The maximum atomic E-state index is 10.8. The fourth-order valence-corrected chi connectivity index (χ4v) is 0.663. The van der Waals surface area contributed by atoms with Gasteiger partial charge in [-0.1, -0.05) is 11.6 Å². The van der Waals surface area contributed by atoms with Crippen molar-refractivity contribution in [3.8, 4) is 0 Å². The Morgan fingerprint density at radius 2 is 1.93 bits per heavy atom. The minimum atomic E-state index is -1.76. The molecule has 0 saturated carbocycles. The predicted molar refractivity (Wildman–Crippen MR) is 45.7 cm³/mol. The highest BCUT2D eigenvalue weighted by molar-refractivity contribution is 6.19. The van der Waals surface area contributed by atoms with E-state index in [-0.39, 0.29) is 13.0 Å². The van der Waals surface area contributed by atoms with Gasteiger partial charge < -0.3 is 20.1 Å². The van der Waals surface area contributed by atoms with Crippen molar-refractivity contribution >= 4 is 23.5 Å². The largest absolute Gasteiger partial charge is 0.479 e. The normalized spacial score (nSPS) is 14.5. The summed E-state index contributed by atoms with van der Waals surface area (Å²) in [5.41, 5.74) is -1.10. The van der Waals surface area contributed by atoms with Crippen LogP contribution in [0.2, 0.25) is 0 Å². The summed E-state index contributed by atoms with van der Waals surface area (Å²) in [5, 5.41) is 25.5. The van der Waals surface area contributed by atoms with Crippen LogP contribution in [0.5, 0.6) is 0 Å². The molecule has 2 atom stereocenters. The van der Waals surface area contributed by atoms with Crippen molar-refractivity contribution in [3.05, 3.63) is 0 Å². The molecule has 0 aromatic rings. The van der Waals surface area contributed by atoms with Gasteiger partial charge in [0.1, 0.15) is 5.56 Å². The molecule has 0 heterocycles. The number of aliphatic carboxylic acids is 1. The van der Waals surface area contributed by atoms with Gasteiger partial charge in [0.05, 0.1) is 13.0 Å². The van der Waals surface area contributed by atoms with Gasteiger partial charge in [-0.3, -0.25) is 4.79 Å². The number of esters is 1. The van der Waals surface area contributed by atoms with Crippen LogP contribution < -0.4 is 0 Å². The van der Waals surface area contributed by atoms with Crippen molar-refractivity contribution in [1.29, 1.82) is 0 Å². The number of hydrogen-bond acceptors (Lipinski definition) is 5. The zero-order chi connectivity index (χ0) is 11.1. The summed E-state index contributed by atoms with van der Waals surface area (Å²) >= 11 is 5.14. The molecule has 0 saturated heterocycles. The van der Waals surface area contributed by atoms with Crippen LogP contribution in [-0.2, 0) is 14.3 Å². The van der Waals surface area contributed by atoms with E-state index in [1.54, 1.807) is 0 Å². The van der Waals surface area contributed by atoms with Gasteiger partial charge in [-0.15, -0.1) is 0 Å². The van der Waals surface area contributed by atoms with E-state index in [1.165, 1.54) is 0 Å². The van der Waals surface area contributed by atoms with Crippen molar-refractivity contribution in [1.82, 2.24) is 0 Å². The number of carbonyl (C=O) groups is 2. The summed E-state index contributed by atoms with van der Waals surface area (Å²) in [7, 11) is 0. The average Bonchev–Trinajstić information content (AvgIpc) is 2.02. The van der Waals surface area contributed by atoms with E-state index in [2.05, 4.69) is 4.74 Å². The summed E-state index contributed by atoms with van der Waals surface area (Å²) in [5.74, 6) is -2.34. The van der Waals surface area contributed by atoms with Crippen LogP contribution in [0.4, 0.5) is 0 Å². The maximum absolute atomic E-state index is 10.8. The van der Waals surface area contributed by atoms with Gasteiger partial charge in [-0.2, -0.15) is 0 Å². The first-order valence-electron chi connectivity index (χ1n) is 3.82. The fourth-order valence-electron chi connectivity index (χ4n) is 0.574. The third-order valence-corrected chi connectivity index (χ3v) is 1.48. The molecule has 14 heavy (non-hydrogen) atoms. The second-order valence-electron chi connectivity index (χ2n) is 2.50. The molecule has 0 aromatic carbocycles. The van der Waals surface area contributed by atoms with Crippen LogP contribution >= 0.6 is 11.6 Å². The monoisotopic (exact) mass is 226 g/mol. The Labute approximate surface area is 85.1 Å². The molecule has 3 N–H and O–H groups in total. The molecule has 0 aliphatic carbocycles. The van der Waals surface area contributed by atoms with Crippen molar-refractivity contribution in [3.63, 3.8) is 0 Å². The first kappa shape index (κ1) is 13.2. The molecule has 0 spiro atoms. The second kappa shape index (κ2) is 6.58. The molecule has 7 heteroatoms. The second-order valence-corrected chi connectivity index (χ2v) is 3.01. The molecule has 2 unspecified atom stereocenters. The maximum Gasteiger partial charge on any atom is 0.333 e. The molecule has 0 aromatic heterocycles. The number of halogens is 1. The van der Waals surface area contributed by atoms with E-state index in [4.69, 9.17) is 26.9 Å². The molecule has 0 fully saturated rings. The predicted octanol–water partition coefficient (Wildman–Crippen LogP) is -0.688. The molecule has 6 nitrogen and oxygen atoms in total. The molecule has 0 amide bonds. The summed E-state index contributed by atoms with van der Waals surface area (Å²) in [4.78, 5) is 20.9. The Morgan fingerprint density at radius 3 is 2.36 bits per heavy atom. The van der Waals surface area contributed by atoms with Crippen LogP contribution in [0.3, 0.4) is 0 Å². The number of carbonyl (C=O) groups excluding carboxylic acids is 1. The van der Waals surface area contributed by atoms with Crippen LogP contribution in [0.15, 0.2) is 0 Å². The lowest BCUT2D eigenvalue weighted by molar-refractivity contribution is -0.156. The number of aliphatic hydroxyl groups excluding tert-OH is 2. The van der Waals surface area contributed by atoms with Crippen LogP contribution in [0, 0.1) is 0 Å². The third kappa shape index (κ3) is 6.64. The van der Waals surface area contributed by atoms with Crippen molar-refractivity contribution in [2.75, 3.05) is 6.61 Å². The number of rotatable bonds is 6. The summed E-state index contributed by atoms with van der Waals surface area (Å²) < 4.78 is 4.47. The molecule has 0 aliphatic rings. The zero-order valence-corrected chi connectivity index (χ0v) is 7.98. The number of carboxylic acids is 1. The Kier molecular flexibility index (Phi) is 6.18. The van der Waals surface area contributed by atoms with Gasteiger partial charge in [-0.25, -0.2) is 4.79 Å². The SMILES string of the molecule is O=C(CC(O)C(=O)O)OCCC(O)Cl. The van der Waals surface area contributed by atoms with E-state index in [1.807, 2.05) is 0 Å². The lowest BCUT2D eigenvalue weighted by atomic mass is 10.2. The summed E-state index contributed by atoms with van der Waals surface area (Å²) in [6, 6.07) is 0. The lowest BCUT2D eigenvalue weighted by Gasteiger charge is -2.06. The topological polar surface area (TPSA) is 104 Å². The highest BCUT2D eigenvalue weighted by atomic mass is 35.5. The van der Waals surface area contributed by atoms with Crippen LogP contribution in [0.25, 0.3) is 0 Å². The van der Waals surface area contributed by atoms with E-state index >= 15 is 0 Å². The van der Waals surface area contributed by atoms with E-state index in [0.29, 0.717) is 0 Å². The van der Waals surface area contributed by atoms with Gasteiger partial charge >= 0.3 is 11.9 Å². The molecular formula is C7H11ClO6. The van der Waals surface area contributed by atoms with Crippen molar-refractivity contribution in [2.24, 2.45) is 0 Å². The first-order chi connectivity index (χ1) is 6.43. The van der Waals surface area contributed by atoms with Crippen molar-refractivity contribution < 1.29 is 29.6 Å². The molecular weight excluding hydrogens is 216 g/mol. The van der Waals surface area contributed by atoms with Gasteiger partial charge in [0.25, 0.3) is 0 Å². The molecule has 0 bridgehead atoms. The van der Waals surface area contributed by atoms with Gasteiger partial charge in [-0.05, 0) is 0 Å².